The summed E-state index contributed by atoms with van der Waals surface area (Å²) >= 11 is 0.963. The Balaban J connectivity index is 1.19. The number of imide groups is 1. The number of likely N-dealkylation sites (tertiary alicyclic amines) is 1. The Labute approximate surface area is 414 Å². The van der Waals surface area contributed by atoms with Gasteiger partial charge in [0.15, 0.2) is 0 Å². The third-order valence-corrected chi connectivity index (χ3v) is 13.0. The topological polar surface area (TPSA) is 292 Å². The van der Waals surface area contributed by atoms with E-state index in [9.17, 15) is 33.6 Å². The maximum atomic E-state index is 13.8. The Kier molecular flexibility index (Phi) is 15.4. The zero-order chi connectivity index (χ0) is 50.6. The molecule has 7 amide bonds. The summed E-state index contributed by atoms with van der Waals surface area (Å²) < 4.78 is 18.2. The zero-order valence-electron chi connectivity index (χ0n) is 39.6. The first-order chi connectivity index (χ1) is 33.4. The van der Waals surface area contributed by atoms with Crippen molar-refractivity contribution in [2.24, 2.45) is 18.5 Å². The minimum atomic E-state index is -0.743. The molecule has 1 fully saturated rings. The van der Waals surface area contributed by atoms with E-state index in [0.717, 1.165) is 27.4 Å². The number of benzene rings is 2. The summed E-state index contributed by atoms with van der Waals surface area (Å²) in [6, 6.07) is 9.33. The van der Waals surface area contributed by atoms with E-state index in [1.54, 1.807) is 59.1 Å². The van der Waals surface area contributed by atoms with E-state index in [-0.39, 0.29) is 113 Å². The number of aryl methyl sites for hydroxylation is 4. The molecule has 3 radical (unpaired) electrons. The van der Waals surface area contributed by atoms with Crippen LogP contribution in [-0.4, -0.2) is 146 Å². The molecule has 70 heavy (non-hydrogen) atoms. The number of imidazole rings is 2. The molecular weight excluding hydrogens is 1010 g/mol. The number of carbonyl (C=O) groups excluding carboxylic acids is 7. The fourth-order valence-electron chi connectivity index (χ4n) is 8.05. The van der Waals surface area contributed by atoms with Crippen LogP contribution in [0.5, 0.6) is 11.5 Å². The number of hydrogen-bond donors (Lipinski definition) is 4. The number of hydrogen-bond acceptors (Lipinski definition) is 13. The van der Waals surface area contributed by atoms with E-state index in [1.165, 1.54) is 41.0 Å². The Morgan fingerprint density at radius 3 is 1.97 bits per heavy atom. The molecule has 6 N–H and O–H groups in total. The molecule has 0 aliphatic carbocycles. The molecule has 6 aromatic rings. The van der Waals surface area contributed by atoms with Gasteiger partial charge in [-0.05, 0) is 56.7 Å². The van der Waals surface area contributed by atoms with Gasteiger partial charge in [0.2, 0.25) is 23.7 Å². The summed E-state index contributed by atoms with van der Waals surface area (Å²) in [6.45, 7) is 6.59. The monoisotopic (exact) mass is 1070 g/mol. The largest absolute Gasteiger partial charge is 0.494 e. The molecule has 0 bridgehead atoms. The van der Waals surface area contributed by atoms with Crippen LogP contribution in [0.2, 0.25) is 3.93 Å². The molecule has 1 saturated heterocycles. The number of nitrogens with one attached hydrogen (secondary N) is 2. The van der Waals surface area contributed by atoms with E-state index in [4.69, 9.17) is 25.9 Å². The molecule has 1 atom stereocenters. The molecule has 4 aromatic heterocycles. The molecular formula is C46H53N14O9Sn. The van der Waals surface area contributed by atoms with Crippen molar-refractivity contribution in [3.05, 3.63) is 82.5 Å². The summed E-state index contributed by atoms with van der Waals surface area (Å²) in [6.07, 6.45) is 4.71. The molecule has 2 aromatic carbocycles. The quantitative estimate of drug-likeness (QED) is 0.0349. The predicted molar refractivity (Wildman–Crippen MR) is 257 cm³/mol. The number of anilines is 2. The standard InChI is InChI=1S/C46H53N14O9.Sn/c1-7-29-25-32(56(5)54-29)43(66)51-45-50-31-22-28(42(48)65)24-35(69-19-11-15-55(4)36(61)14-18-57-37(62)12-13-38(57)63)40(31)59(45)17-10-9-16-58-39-30(21-27(41(47)64)23-34(39)68-6)49-46(58)52-44(67)33-20-26(3)53-60(33)8-2;/h9-10,12,20-25H,7-8,11,13-19H2,1-6H3,(H2,47,64)(H2,48,65)(H,49,52,67)(H,50,51,66);/b10-9+;. The van der Waals surface area contributed by atoms with Crippen LogP contribution in [0, 0.1) is 6.92 Å². The van der Waals surface area contributed by atoms with Crippen LogP contribution >= 0.6 is 0 Å². The summed E-state index contributed by atoms with van der Waals surface area (Å²) in [5.74, 6) is -2.41. The molecule has 1 aliphatic heterocycles. The van der Waals surface area contributed by atoms with Gasteiger partial charge in [-0.2, -0.15) is 10.2 Å². The number of nitrogens with two attached hydrogens (primary N) is 2. The van der Waals surface area contributed by atoms with Crippen LogP contribution < -0.4 is 31.6 Å². The Morgan fingerprint density at radius 2 is 1.44 bits per heavy atom. The van der Waals surface area contributed by atoms with Gasteiger partial charge in [0.05, 0.1) is 29.5 Å². The van der Waals surface area contributed by atoms with E-state index in [0.29, 0.717) is 53.0 Å². The number of primary amides is 2. The smallest absolute Gasteiger partial charge is 0.276 e. The molecule has 5 heterocycles. The molecule has 23 nitrogen and oxygen atoms in total. The average Bonchev–Trinajstić information content (AvgIpc) is 4.13. The van der Waals surface area contributed by atoms with E-state index >= 15 is 0 Å². The minimum absolute atomic E-state index is 0.0133. The first-order valence-corrected chi connectivity index (χ1v) is 24.1. The third kappa shape index (κ3) is 10.7. The predicted octanol–water partition coefficient (Wildman–Crippen LogP) is 2.51. The Morgan fingerprint density at radius 1 is 0.857 bits per heavy atom. The van der Waals surface area contributed by atoms with Crippen LogP contribution in [0.1, 0.15) is 86.2 Å². The van der Waals surface area contributed by atoms with Crippen molar-refractivity contribution in [1.29, 1.82) is 0 Å². The van der Waals surface area contributed by atoms with Crippen LogP contribution in [0.4, 0.5) is 11.9 Å². The van der Waals surface area contributed by atoms with Gasteiger partial charge in [0.1, 0.15) is 28.2 Å². The SMILES string of the molecule is CCc1cc(C(=O)Nc2nc3cc(C(N)=O)cc(OCCCN(C)C(=O)CCN4C(=O)C[CH]([Sn])C4=O)c3n2C/C=C/Cn2c(NC(=O)c3cc(C)nn3CC)nc3cc(C(N)=O)cc(OC)c32)n(C)n1. The third-order valence-electron chi connectivity index (χ3n) is 11.7. The second kappa shape index (κ2) is 21.4. The summed E-state index contributed by atoms with van der Waals surface area (Å²) in [5, 5.41) is 14.6. The van der Waals surface area contributed by atoms with Gasteiger partial charge in [-0.15, -0.1) is 0 Å². The number of allylic oxidation sites excluding steroid dienone is 2. The van der Waals surface area contributed by atoms with Crippen LogP contribution in [0.3, 0.4) is 0 Å². The van der Waals surface area contributed by atoms with E-state index < -0.39 is 23.6 Å². The van der Waals surface area contributed by atoms with Crippen LogP contribution in [0.25, 0.3) is 22.1 Å². The van der Waals surface area contributed by atoms with E-state index in [1.807, 2.05) is 13.8 Å². The second-order valence-corrected chi connectivity index (χ2v) is 18.5. The first kappa shape index (κ1) is 50.3. The minimum Gasteiger partial charge on any atom is -0.494 e. The average molecular weight is 1060 g/mol. The van der Waals surface area contributed by atoms with Crippen molar-refractivity contribution in [3.63, 3.8) is 0 Å². The Bertz CT molecular complexity index is 3090. The molecule has 1 unspecified atom stereocenters. The van der Waals surface area contributed by atoms with Crippen molar-refractivity contribution in [3.8, 4) is 11.5 Å². The normalized spacial score (nSPS) is 13.8. The number of amides is 7. The molecule has 0 spiro atoms. The maximum Gasteiger partial charge on any atom is 0.276 e. The van der Waals surface area contributed by atoms with E-state index in [2.05, 4.69) is 25.8 Å². The van der Waals surface area contributed by atoms with Gasteiger partial charge < -0.3 is 25.3 Å². The van der Waals surface area contributed by atoms with Gasteiger partial charge in [-0.25, -0.2) is 9.97 Å². The van der Waals surface area contributed by atoms with Crippen LogP contribution in [-0.2, 0) is 47.5 Å². The fourth-order valence-corrected chi connectivity index (χ4v) is 9.00. The number of fused-ring (bicyclic) bond motifs is 2. The summed E-state index contributed by atoms with van der Waals surface area (Å²) in [4.78, 5) is 102. The van der Waals surface area contributed by atoms with Gasteiger partial charge in [0.25, 0.3) is 11.8 Å². The van der Waals surface area contributed by atoms with Crippen LogP contribution in [0.15, 0.2) is 48.6 Å². The van der Waals surface area contributed by atoms with Crippen molar-refractivity contribution in [2.75, 3.05) is 44.5 Å². The Hall–Kier alpha value is -7.57. The molecule has 0 saturated carbocycles. The number of methoxy groups -OCH3 is 1. The molecule has 1 aliphatic rings. The number of aromatic nitrogens is 8. The first-order valence-electron chi connectivity index (χ1n) is 22.4. The van der Waals surface area contributed by atoms with Crippen molar-refractivity contribution < 1.29 is 43.0 Å². The molecule has 7 rings (SSSR count). The van der Waals surface area contributed by atoms with Crippen molar-refractivity contribution in [1.82, 2.24) is 48.5 Å². The van der Waals surface area contributed by atoms with Crippen molar-refractivity contribution >= 4 is 97.8 Å². The number of carbonyl (C=O) groups is 7. The van der Waals surface area contributed by atoms with Gasteiger partial charge in [-0.1, -0.05) is 19.1 Å². The number of rotatable bonds is 21. The number of nitrogens with zero attached hydrogens (tertiary/aromatic N) is 10. The fraction of sp³-hybridized carbons (Fsp3) is 0.370. The van der Waals surface area contributed by atoms with Gasteiger partial charge >= 0.3 is 125 Å². The van der Waals surface area contributed by atoms with Gasteiger partial charge in [-0.3, -0.25) is 39.2 Å². The van der Waals surface area contributed by atoms with Crippen molar-refractivity contribution in [2.45, 2.75) is 70.0 Å². The molecule has 365 valence electrons. The summed E-state index contributed by atoms with van der Waals surface area (Å²) in [5.41, 5.74) is 15.1. The summed E-state index contributed by atoms with van der Waals surface area (Å²) in [7, 11) is 4.72. The number of ether oxygens (including phenoxy) is 2. The maximum absolute atomic E-state index is 13.8. The van der Waals surface area contributed by atoms with Gasteiger partial charge in [0, 0.05) is 37.8 Å². The molecule has 24 heteroatoms. The zero-order valence-corrected chi connectivity index (χ0v) is 42.4. The second-order valence-electron chi connectivity index (χ2n) is 16.5.